The van der Waals surface area contributed by atoms with E-state index in [0.717, 1.165) is 37.2 Å². The highest BCUT2D eigenvalue weighted by Gasteiger charge is 2.42. The normalized spacial score (nSPS) is 18.6. The van der Waals surface area contributed by atoms with Gasteiger partial charge in [-0.05, 0) is 47.7 Å². The molecule has 1 amide bonds. The van der Waals surface area contributed by atoms with Crippen molar-refractivity contribution in [1.29, 1.82) is 0 Å². The molecule has 2 aromatic rings. The third-order valence-corrected chi connectivity index (χ3v) is 5.25. The maximum Gasteiger partial charge on any atom is 0.246 e. The molecule has 4 heteroatoms. The highest BCUT2D eigenvalue weighted by molar-refractivity contribution is 5.91. The van der Waals surface area contributed by atoms with E-state index in [4.69, 9.17) is 10.5 Å². The molecule has 0 atom stereocenters. The van der Waals surface area contributed by atoms with Crippen LogP contribution in [0.2, 0.25) is 0 Å². The van der Waals surface area contributed by atoms with Gasteiger partial charge in [-0.3, -0.25) is 4.79 Å². The molecule has 2 aliphatic rings. The monoisotopic (exact) mass is 334 g/mol. The van der Waals surface area contributed by atoms with Crippen molar-refractivity contribution < 1.29 is 9.53 Å². The summed E-state index contributed by atoms with van der Waals surface area (Å²) in [6.07, 6.45) is 5.19. The lowest BCUT2D eigenvalue weighted by Crippen LogP contribution is -2.44. The summed E-state index contributed by atoms with van der Waals surface area (Å²) >= 11 is 0. The van der Waals surface area contributed by atoms with E-state index in [1.165, 1.54) is 11.1 Å². The first-order valence-electron chi connectivity index (χ1n) is 8.71. The van der Waals surface area contributed by atoms with Crippen molar-refractivity contribution in [3.8, 4) is 0 Å². The van der Waals surface area contributed by atoms with E-state index in [1.807, 2.05) is 35.2 Å². The SMILES string of the molecule is Nc1ccc(C=CC(=O)N2CCC3(CC2)OCc2ccccc23)cc1. The molecule has 0 unspecified atom stereocenters. The average molecular weight is 334 g/mol. The van der Waals surface area contributed by atoms with Crippen molar-refractivity contribution in [2.75, 3.05) is 18.8 Å². The molecule has 2 heterocycles. The Labute approximate surface area is 147 Å². The van der Waals surface area contributed by atoms with Gasteiger partial charge in [-0.15, -0.1) is 0 Å². The lowest BCUT2D eigenvalue weighted by atomic mass is 9.84. The number of carbonyl (C=O) groups excluding carboxylic acids is 1. The van der Waals surface area contributed by atoms with Crippen molar-refractivity contribution in [1.82, 2.24) is 4.90 Å². The zero-order valence-corrected chi connectivity index (χ0v) is 14.2. The summed E-state index contributed by atoms with van der Waals surface area (Å²) in [5.41, 5.74) is 9.77. The Bertz CT molecular complexity index is 803. The smallest absolute Gasteiger partial charge is 0.246 e. The van der Waals surface area contributed by atoms with Gasteiger partial charge >= 0.3 is 0 Å². The van der Waals surface area contributed by atoms with Crippen LogP contribution in [-0.2, 0) is 21.7 Å². The van der Waals surface area contributed by atoms with Gasteiger partial charge in [0.05, 0.1) is 12.2 Å². The highest BCUT2D eigenvalue weighted by Crippen LogP contribution is 2.43. The number of benzene rings is 2. The van der Waals surface area contributed by atoms with E-state index >= 15 is 0 Å². The number of fused-ring (bicyclic) bond motifs is 2. The van der Waals surface area contributed by atoms with Crippen LogP contribution < -0.4 is 5.73 Å². The van der Waals surface area contributed by atoms with Crippen LogP contribution in [0.4, 0.5) is 5.69 Å². The van der Waals surface area contributed by atoms with Gasteiger partial charge in [0.1, 0.15) is 0 Å². The predicted octanol–water partition coefficient (Wildman–Crippen LogP) is 3.33. The van der Waals surface area contributed by atoms with Gasteiger partial charge in [0, 0.05) is 24.9 Å². The van der Waals surface area contributed by atoms with E-state index in [-0.39, 0.29) is 11.5 Å². The molecule has 0 aromatic heterocycles. The van der Waals surface area contributed by atoms with Gasteiger partial charge < -0.3 is 15.4 Å². The van der Waals surface area contributed by atoms with E-state index in [2.05, 4.69) is 24.3 Å². The molecule has 0 radical (unpaired) electrons. The number of nitrogens with zero attached hydrogens (tertiary/aromatic N) is 1. The van der Waals surface area contributed by atoms with Crippen LogP contribution in [0.5, 0.6) is 0 Å². The topological polar surface area (TPSA) is 55.6 Å². The molecule has 128 valence electrons. The predicted molar refractivity (Wildman–Crippen MR) is 98.6 cm³/mol. The number of rotatable bonds is 2. The van der Waals surface area contributed by atoms with Crippen LogP contribution in [0.1, 0.15) is 29.5 Å². The Hall–Kier alpha value is -2.59. The second-order valence-electron chi connectivity index (χ2n) is 6.77. The highest BCUT2D eigenvalue weighted by atomic mass is 16.5. The molecule has 1 fully saturated rings. The van der Waals surface area contributed by atoms with Crippen molar-refractivity contribution in [3.63, 3.8) is 0 Å². The third kappa shape index (κ3) is 3.05. The van der Waals surface area contributed by atoms with E-state index in [1.54, 1.807) is 6.08 Å². The Balaban J connectivity index is 1.40. The molecule has 2 aliphatic heterocycles. The summed E-state index contributed by atoms with van der Waals surface area (Å²) in [6, 6.07) is 15.9. The van der Waals surface area contributed by atoms with Crippen LogP contribution in [0.15, 0.2) is 54.6 Å². The molecule has 1 saturated heterocycles. The first-order chi connectivity index (χ1) is 12.2. The standard InChI is InChI=1S/C21H22N2O2/c22-18-8-5-16(6-9-18)7-10-20(24)23-13-11-21(12-14-23)19-4-2-1-3-17(19)15-25-21/h1-10H,11-15,22H2. The van der Waals surface area contributed by atoms with E-state index in [0.29, 0.717) is 6.61 Å². The molecular formula is C21H22N2O2. The molecule has 0 bridgehead atoms. The number of piperidine rings is 1. The van der Waals surface area contributed by atoms with Crippen LogP contribution >= 0.6 is 0 Å². The zero-order chi connectivity index (χ0) is 17.3. The Morgan fingerprint density at radius 1 is 1.08 bits per heavy atom. The largest absolute Gasteiger partial charge is 0.399 e. The van der Waals surface area contributed by atoms with Crippen LogP contribution in [0.25, 0.3) is 6.08 Å². The summed E-state index contributed by atoms with van der Waals surface area (Å²) < 4.78 is 6.15. The second-order valence-corrected chi connectivity index (χ2v) is 6.77. The molecule has 2 N–H and O–H groups in total. The molecular weight excluding hydrogens is 312 g/mol. The van der Waals surface area contributed by atoms with Crippen LogP contribution in [0, 0.1) is 0 Å². The van der Waals surface area contributed by atoms with E-state index < -0.39 is 0 Å². The Morgan fingerprint density at radius 2 is 1.80 bits per heavy atom. The summed E-state index contributed by atoms with van der Waals surface area (Å²) in [6.45, 7) is 2.12. The van der Waals surface area contributed by atoms with Gasteiger partial charge in [-0.25, -0.2) is 0 Å². The number of nitrogens with two attached hydrogens (primary N) is 1. The maximum atomic E-state index is 12.5. The van der Waals surface area contributed by atoms with E-state index in [9.17, 15) is 4.79 Å². The van der Waals surface area contributed by atoms with Gasteiger partial charge in [0.15, 0.2) is 0 Å². The number of hydrogen-bond donors (Lipinski definition) is 1. The zero-order valence-electron chi connectivity index (χ0n) is 14.2. The van der Waals surface area contributed by atoms with Crippen LogP contribution in [-0.4, -0.2) is 23.9 Å². The maximum absolute atomic E-state index is 12.5. The van der Waals surface area contributed by atoms with Crippen molar-refractivity contribution in [3.05, 3.63) is 71.3 Å². The quantitative estimate of drug-likeness (QED) is 0.677. The second kappa shape index (κ2) is 6.37. The van der Waals surface area contributed by atoms with Crippen LogP contribution in [0.3, 0.4) is 0 Å². The van der Waals surface area contributed by atoms with Gasteiger partial charge in [-0.1, -0.05) is 36.4 Å². The first kappa shape index (κ1) is 15.9. The number of amides is 1. The minimum Gasteiger partial charge on any atom is -0.399 e. The number of likely N-dealkylation sites (tertiary alicyclic amines) is 1. The molecule has 4 nitrogen and oxygen atoms in total. The molecule has 2 aromatic carbocycles. The lowest BCUT2D eigenvalue weighted by molar-refractivity contribution is -0.133. The molecule has 4 rings (SSSR count). The Morgan fingerprint density at radius 3 is 2.56 bits per heavy atom. The van der Waals surface area contributed by atoms with Crippen molar-refractivity contribution in [2.45, 2.75) is 25.0 Å². The summed E-state index contributed by atoms with van der Waals surface area (Å²) in [7, 11) is 0. The van der Waals surface area contributed by atoms with Gasteiger partial charge in [0.25, 0.3) is 0 Å². The van der Waals surface area contributed by atoms with Gasteiger partial charge in [0.2, 0.25) is 5.91 Å². The fourth-order valence-corrected chi connectivity index (χ4v) is 3.77. The number of anilines is 1. The van der Waals surface area contributed by atoms with Crippen molar-refractivity contribution in [2.24, 2.45) is 0 Å². The summed E-state index contributed by atoms with van der Waals surface area (Å²) in [5, 5.41) is 0. The summed E-state index contributed by atoms with van der Waals surface area (Å²) in [4.78, 5) is 14.4. The minimum atomic E-state index is -0.200. The number of ether oxygens (including phenoxy) is 1. The minimum absolute atomic E-state index is 0.0537. The first-order valence-corrected chi connectivity index (χ1v) is 8.71. The number of nitrogen functional groups attached to an aromatic ring is 1. The lowest BCUT2D eigenvalue weighted by Gasteiger charge is -2.39. The fourth-order valence-electron chi connectivity index (χ4n) is 3.77. The Kier molecular flexibility index (Phi) is 4.06. The fraction of sp³-hybridized carbons (Fsp3) is 0.286. The number of carbonyl (C=O) groups is 1. The van der Waals surface area contributed by atoms with Gasteiger partial charge in [-0.2, -0.15) is 0 Å². The average Bonchev–Trinajstić information content (AvgIpc) is 3.00. The summed E-state index contributed by atoms with van der Waals surface area (Å²) in [5.74, 6) is 0.0537. The molecule has 0 saturated carbocycles. The molecule has 25 heavy (non-hydrogen) atoms. The molecule has 1 spiro atoms. The van der Waals surface area contributed by atoms with Crippen molar-refractivity contribution >= 4 is 17.7 Å². The number of hydrogen-bond acceptors (Lipinski definition) is 3. The molecule has 0 aliphatic carbocycles. The third-order valence-electron chi connectivity index (χ3n) is 5.25.